The fourth-order valence-electron chi connectivity index (χ4n) is 13.4. The van der Waals surface area contributed by atoms with Gasteiger partial charge in [-0.15, -0.1) is 0 Å². The Morgan fingerprint density at radius 2 is 0.676 bits per heavy atom. The molecule has 16 rings (SSSR count). The third kappa shape index (κ3) is 57.6. The van der Waals surface area contributed by atoms with E-state index in [1.807, 2.05) is 177 Å². The molecule has 0 radical (unpaired) electrons. The van der Waals surface area contributed by atoms with Gasteiger partial charge >= 0.3 is 0 Å². The summed E-state index contributed by atoms with van der Waals surface area (Å²) >= 11 is 0. The molecule has 0 bridgehead atoms. The fourth-order valence-corrected chi connectivity index (χ4v) is 13.4. The van der Waals surface area contributed by atoms with Crippen molar-refractivity contribution in [3.63, 3.8) is 0 Å². The maximum atomic E-state index is 12.1. The van der Waals surface area contributed by atoms with E-state index in [2.05, 4.69) is 388 Å². The van der Waals surface area contributed by atoms with E-state index in [-0.39, 0.29) is 102 Å². The van der Waals surface area contributed by atoms with Crippen LogP contribution in [0.1, 0.15) is 421 Å². The summed E-state index contributed by atoms with van der Waals surface area (Å²) in [6.45, 7) is 61.3. The Bertz CT molecular complexity index is 5470. The summed E-state index contributed by atoms with van der Waals surface area (Å²) in [5, 5.41) is 12.6. The van der Waals surface area contributed by atoms with E-state index >= 15 is 0 Å². The predicted octanol–water partition coefficient (Wildman–Crippen LogP) is 42.1. The second kappa shape index (κ2) is 84.6. The predicted molar refractivity (Wildman–Crippen MR) is 662 cm³/mol. The van der Waals surface area contributed by atoms with E-state index < -0.39 is 0 Å². The molecule has 0 unspecified atom stereocenters. The van der Waals surface area contributed by atoms with Crippen LogP contribution in [0.15, 0.2) is 372 Å². The summed E-state index contributed by atoms with van der Waals surface area (Å²) in [6, 6.07) is 103. The van der Waals surface area contributed by atoms with E-state index in [0.29, 0.717) is 71.0 Å². The third-order valence-electron chi connectivity index (χ3n) is 22.2. The lowest BCUT2D eigenvalue weighted by Gasteiger charge is -2.14. The van der Waals surface area contributed by atoms with Crippen molar-refractivity contribution in [2.45, 2.75) is 340 Å². The van der Waals surface area contributed by atoms with Crippen LogP contribution in [-0.4, -0.2) is 57.4 Å². The molecule has 0 spiro atoms. The fraction of sp³-hybridized carbons (Fsp3) is 0.372. The van der Waals surface area contributed by atoms with Crippen LogP contribution >= 0.6 is 0 Å². The van der Waals surface area contributed by atoms with E-state index in [0.717, 1.165) is 40.3 Å². The first kappa shape index (κ1) is 150. The van der Waals surface area contributed by atoms with Gasteiger partial charge in [0.2, 0.25) is 0 Å². The van der Waals surface area contributed by atoms with Crippen LogP contribution in [0, 0.1) is 13.5 Å². The lowest BCUT2D eigenvalue weighted by molar-refractivity contribution is 0.103. The lowest BCUT2D eigenvalue weighted by Crippen LogP contribution is -2.01. The Kier molecular flexibility index (Phi) is 85.7. The molecule has 0 saturated heterocycles. The second-order valence-electron chi connectivity index (χ2n) is 37.1. The average molecular weight is 2010 g/mol. The molecule has 0 aliphatic carbocycles. The molecule has 0 fully saturated rings. The van der Waals surface area contributed by atoms with Crippen LogP contribution in [0.3, 0.4) is 0 Å². The molecule has 0 aliphatic rings. The van der Waals surface area contributed by atoms with Gasteiger partial charge in [-0.05, 0) is 222 Å². The van der Waals surface area contributed by atoms with Crippen LogP contribution in [0.25, 0.3) is 37.6 Å². The Balaban J connectivity index is -0.000000240. The second-order valence-corrected chi connectivity index (χ2v) is 37.1. The monoisotopic (exact) mass is 2000 g/mol. The minimum atomic E-state index is 0. The number of carbonyl (C=O) groups is 1. The quantitative estimate of drug-likeness (QED) is 0.0691. The van der Waals surface area contributed by atoms with Crippen LogP contribution in [0.2, 0.25) is 0 Å². The van der Waals surface area contributed by atoms with Gasteiger partial charge in [-0.2, -0.15) is 0 Å². The highest BCUT2D eigenvalue weighted by Gasteiger charge is 2.12. The number of ketones is 1. The van der Waals surface area contributed by atoms with Crippen molar-refractivity contribution in [1.82, 2.24) is 39.9 Å². The van der Waals surface area contributed by atoms with Crippen LogP contribution < -0.4 is 0 Å². The Hall–Kier alpha value is -13.4. The Morgan fingerprint density at radius 3 is 1.10 bits per heavy atom. The molecule has 11 heteroatoms. The number of aromatic nitrogens is 8. The number of benzene rings is 10. The van der Waals surface area contributed by atoms with Crippen LogP contribution in [0.4, 0.5) is 5.69 Å². The molecule has 1 N–H and O–H groups in total. The van der Waals surface area contributed by atoms with Crippen molar-refractivity contribution < 1.29 is 9.90 Å². The standard InChI is InChI=1S/C16H16O.C16H18.C13H14.C12H13N.C11H16O.C10H11N.C9H12.3C8H11N.2C7H10N2.12CH4/c1-12(2)13-8-10-15(11-9-13)16(17)14-6-4-3-5-7-14;1-12(2)15-10-7-11-16(13(15)3)14-8-5-4-6-9-14;1-10(2)12-8-7-11-5-3-4-6-13(11)9-12;1-9(2)10-5-6-12-11(8-10)4-3-7-13-12;1-9(2)11-5-3-4-10(8-11)6-7-12;1-8(2)9-4-6-10(11-3)7-5-9;1-8(2)9-6-4-3-5-7-9;1-7(2)8-3-5-9-6-4-8;1-7(2)8-4-3-5-9-6-8;1-7(2)8-5-3-4-6-9-8;1-6(2)7-3-8-5-9-4-7;1-6(2)7-8-4-3-5-9-7;;;;;;;;;;;;/h3-12H,1-2H3;4-12H,1-3H3;3-10H,1-2H3;3-9H,1-2H3;3-5,8-9,12H,6-7H2,1-2H3;4-8H,1-2H3;3-8H,1-2H3;3*3-7H,1-2H3;2*3-6H,1-2H3;12*1H4. The number of pyridine rings is 4. The number of hydrogen-bond donors (Lipinski definition) is 1. The van der Waals surface area contributed by atoms with Gasteiger partial charge in [0.05, 0.1) is 12.1 Å². The summed E-state index contributed by atoms with van der Waals surface area (Å²) in [4.78, 5) is 47.8. The van der Waals surface area contributed by atoms with Crippen molar-refractivity contribution in [1.29, 1.82) is 0 Å². The topological polar surface area (TPSA) is 145 Å². The molecule has 16 aromatic rings. The highest BCUT2D eigenvalue weighted by Crippen LogP contribution is 2.31. The van der Waals surface area contributed by atoms with Crippen LogP contribution in [-0.2, 0) is 6.42 Å². The van der Waals surface area contributed by atoms with Gasteiger partial charge in [0.1, 0.15) is 12.2 Å². The van der Waals surface area contributed by atoms with E-state index in [4.69, 9.17) is 11.7 Å². The first-order valence-corrected chi connectivity index (χ1v) is 48.4. The molecule has 806 valence electrons. The van der Waals surface area contributed by atoms with Crippen molar-refractivity contribution in [2.75, 3.05) is 6.61 Å². The molecular formula is C137H201N9O2. The van der Waals surface area contributed by atoms with Crippen molar-refractivity contribution in [3.8, 4) is 11.1 Å². The molecule has 0 aliphatic heterocycles. The number of nitrogens with zero attached hydrogens (tertiary/aromatic N) is 9. The maximum Gasteiger partial charge on any atom is 0.193 e. The zero-order chi connectivity index (χ0) is 99.7. The third-order valence-corrected chi connectivity index (χ3v) is 22.2. The molecule has 6 heterocycles. The van der Waals surface area contributed by atoms with Crippen molar-refractivity contribution in [2.24, 2.45) is 0 Å². The Morgan fingerprint density at radius 1 is 0.284 bits per heavy atom. The minimum absolute atomic E-state index is 0. The minimum Gasteiger partial charge on any atom is -0.396 e. The first-order chi connectivity index (χ1) is 65.2. The summed E-state index contributed by atoms with van der Waals surface area (Å²) in [6.07, 6.45) is 20.6. The summed E-state index contributed by atoms with van der Waals surface area (Å²) in [5.41, 5.74) is 23.1. The molecule has 0 atom stereocenters. The number of rotatable bonds is 17. The smallest absolute Gasteiger partial charge is 0.193 e. The number of fused-ring (bicyclic) bond motifs is 2. The van der Waals surface area contributed by atoms with E-state index in [9.17, 15) is 4.79 Å². The SMILES string of the molecule is C.C.C.C.C.C.C.C.C.C.C.C.CC(C)c1ccc(C(=O)c2ccccc2)cc1.CC(C)c1ccc2ccccc2c1.CC(C)c1ccc2ncccc2c1.CC(C)c1cccc(CCO)c1.CC(C)c1ccccc1.CC(C)c1ccccn1.CC(C)c1cccnc1.CC(C)c1ccncc1.CC(C)c1cncnc1.CC(C)c1ncccn1.Cc1c(-c2ccccc2)cccc1C(C)C.[C-]#[N+]c1ccc(C(C)C)cc1. The lowest BCUT2D eigenvalue weighted by atomic mass is 9.91. The summed E-state index contributed by atoms with van der Waals surface area (Å²) < 4.78 is 0. The molecule has 148 heavy (non-hydrogen) atoms. The van der Waals surface area contributed by atoms with Gasteiger partial charge in [0.25, 0.3) is 0 Å². The number of aliphatic hydroxyl groups excluding tert-OH is 1. The van der Waals surface area contributed by atoms with Gasteiger partial charge < -0.3 is 5.11 Å². The van der Waals surface area contributed by atoms with E-state index in [1.54, 1.807) is 24.9 Å². The maximum absolute atomic E-state index is 12.1. The van der Waals surface area contributed by atoms with Crippen molar-refractivity contribution in [3.05, 3.63) is 472 Å². The normalized spacial score (nSPS) is 9.57. The van der Waals surface area contributed by atoms with E-state index in [1.165, 1.54) is 94.0 Å². The zero-order valence-corrected chi connectivity index (χ0v) is 85.9. The van der Waals surface area contributed by atoms with Crippen molar-refractivity contribution >= 4 is 33.1 Å². The highest BCUT2D eigenvalue weighted by atomic mass is 16.3. The molecule has 0 amide bonds. The number of carbonyl (C=O) groups excluding carboxylic acids is 1. The van der Waals surface area contributed by atoms with Gasteiger partial charge in [0.15, 0.2) is 11.5 Å². The van der Waals surface area contributed by atoms with Gasteiger partial charge in [-0.25, -0.2) is 24.8 Å². The highest BCUT2D eigenvalue weighted by molar-refractivity contribution is 6.09. The van der Waals surface area contributed by atoms with Gasteiger partial charge in [0, 0.05) is 96.7 Å². The van der Waals surface area contributed by atoms with Crippen LogP contribution in [0.5, 0.6) is 0 Å². The first-order valence-electron chi connectivity index (χ1n) is 48.4. The number of hydrogen-bond acceptors (Lipinski definition) is 10. The van der Waals surface area contributed by atoms with Gasteiger partial charge in [-0.1, -0.05) is 504 Å². The average Bonchev–Trinajstić information content (AvgIpc) is 0.866. The largest absolute Gasteiger partial charge is 0.396 e. The number of aliphatic hydroxyl groups is 1. The molecule has 11 nitrogen and oxygen atoms in total. The molecular weight excluding hydrogens is 1800 g/mol. The summed E-state index contributed by atoms with van der Waals surface area (Å²) in [7, 11) is 0. The summed E-state index contributed by atoms with van der Waals surface area (Å²) in [5.74, 6) is 7.80. The molecule has 10 aromatic carbocycles. The zero-order valence-electron chi connectivity index (χ0n) is 85.9. The molecule has 6 aromatic heterocycles. The Labute approximate surface area is 906 Å². The molecule has 0 saturated carbocycles. The van der Waals surface area contributed by atoms with Gasteiger partial charge in [-0.3, -0.25) is 24.7 Å².